The lowest BCUT2D eigenvalue weighted by Crippen LogP contribution is -2.42. The van der Waals surface area contributed by atoms with Crippen LogP contribution in [0.4, 0.5) is 0 Å². The SMILES string of the molecule is CCOC(=O)[C@](O)(c1ccccc1)[C@@H](C)c1ccc(Cl)cc1. The molecule has 0 saturated heterocycles. The van der Waals surface area contributed by atoms with Crippen LogP contribution in [-0.4, -0.2) is 17.7 Å². The van der Waals surface area contributed by atoms with Gasteiger partial charge in [-0.1, -0.05) is 61.0 Å². The van der Waals surface area contributed by atoms with Crippen LogP contribution in [-0.2, 0) is 15.1 Å². The second-order valence-electron chi connectivity index (χ2n) is 5.13. The molecule has 22 heavy (non-hydrogen) atoms. The summed E-state index contributed by atoms with van der Waals surface area (Å²) in [6.45, 7) is 3.73. The summed E-state index contributed by atoms with van der Waals surface area (Å²) in [5, 5.41) is 11.8. The van der Waals surface area contributed by atoms with E-state index >= 15 is 0 Å². The maximum atomic E-state index is 12.4. The van der Waals surface area contributed by atoms with Crippen LogP contribution in [0.2, 0.25) is 5.02 Å². The zero-order valence-electron chi connectivity index (χ0n) is 12.6. The average molecular weight is 319 g/mol. The smallest absolute Gasteiger partial charge is 0.343 e. The molecule has 0 fully saturated rings. The van der Waals surface area contributed by atoms with E-state index in [2.05, 4.69) is 0 Å². The number of carbonyl (C=O) groups is 1. The molecule has 2 aromatic carbocycles. The maximum absolute atomic E-state index is 12.4. The third-order valence-corrected chi connectivity index (χ3v) is 4.05. The molecular formula is C18H19ClO3. The van der Waals surface area contributed by atoms with Gasteiger partial charge in [-0.25, -0.2) is 4.79 Å². The number of carbonyl (C=O) groups excluding carboxylic acids is 1. The number of ether oxygens (including phenoxy) is 1. The van der Waals surface area contributed by atoms with Crippen molar-refractivity contribution in [2.24, 2.45) is 0 Å². The monoisotopic (exact) mass is 318 g/mol. The lowest BCUT2D eigenvalue weighted by molar-refractivity contribution is -0.168. The molecule has 0 bridgehead atoms. The number of benzene rings is 2. The van der Waals surface area contributed by atoms with Gasteiger partial charge in [-0.2, -0.15) is 0 Å². The van der Waals surface area contributed by atoms with Crippen molar-refractivity contribution in [1.82, 2.24) is 0 Å². The molecule has 0 aromatic heterocycles. The largest absolute Gasteiger partial charge is 0.464 e. The minimum absolute atomic E-state index is 0.210. The average Bonchev–Trinajstić information content (AvgIpc) is 2.55. The predicted molar refractivity (Wildman–Crippen MR) is 86.8 cm³/mol. The standard InChI is InChI=1S/C18H19ClO3/c1-3-22-17(20)18(21,15-7-5-4-6-8-15)13(2)14-9-11-16(19)12-10-14/h4-13,21H,3H2,1-2H3/t13-,18+/m0/s1. The van der Waals surface area contributed by atoms with Gasteiger partial charge in [0.1, 0.15) is 0 Å². The molecule has 0 aliphatic carbocycles. The van der Waals surface area contributed by atoms with Gasteiger partial charge in [-0.3, -0.25) is 0 Å². The summed E-state index contributed by atoms with van der Waals surface area (Å²) in [6.07, 6.45) is 0. The molecule has 0 heterocycles. The van der Waals surface area contributed by atoms with E-state index in [9.17, 15) is 9.90 Å². The number of hydrogen-bond donors (Lipinski definition) is 1. The van der Waals surface area contributed by atoms with Crippen molar-refractivity contribution in [2.45, 2.75) is 25.4 Å². The zero-order valence-corrected chi connectivity index (χ0v) is 13.4. The first-order valence-electron chi connectivity index (χ1n) is 7.20. The Bertz CT molecular complexity index is 625. The minimum atomic E-state index is -1.74. The Hall–Kier alpha value is -1.84. The highest BCUT2D eigenvalue weighted by atomic mass is 35.5. The van der Waals surface area contributed by atoms with Crippen LogP contribution in [0, 0.1) is 0 Å². The molecule has 0 amide bonds. The Morgan fingerprint density at radius 2 is 1.77 bits per heavy atom. The molecule has 4 heteroatoms. The van der Waals surface area contributed by atoms with Crippen molar-refractivity contribution < 1.29 is 14.6 Å². The molecule has 2 rings (SSSR count). The van der Waals surface area contributed by atoms with E-state index in [0.717, 1.165) is 5.56 Å². The molecule has 0 aliphatic heterocycles. The molecule has 0 saturated carbocycles. The number of aliphatic hydroxyl groups is 1. The molecule has 2 aromatic rings. The van der Waals surface area contributed by atoms with Gasteiger partial charge in [0.05, 0.1) is 6.61 Å². The number of esters is 1. The Morgan fingerprint density at radius 1 is 1.18 bits per heavy atom. The predicted octanol–water partition coefficient (Wildman–Crippen LogP) is 3.89. The summed E-state index contributed by atoms with van der Waals surface area (Å²) in [5.41, 5.74) is -0.426. The van der Waals surface area contributed by atoms with Crippen LogP contribution in [0.25, 0.3) is 0 Å². The van der Waals surface area contributed by atoms with Crippen LogP contribution in [0.15, 0.2) is 54.6 Å². The molecule has 0 unspecified atom stereocenters. The number of halogens is 1. The van der Waals surface area contributed by atoms with E-state index in [-0.39, 0.29) is 6.61 Å². The Kier molecular flexibility index (Phi) is 5.22. The summed E-state index contributed by atoms with van der Waals surface area (Å²) in [4.78, 5) is 12.4. The van der Waals surface area contributed by atoms with Gasteiger partial charge in [0.2, 0.25) is 0 Å². The van der Waals surface area contributed by atoms with Gasteiger partial charge in [0, 0.05) is 10.9 Å². The first kappa shape index (κ1) is 16.5. The van der Waals surface area contributed by atoms with Crippen molar-refractivity contribution in [3.8, 4) is 0 Å². The van der Waals surface area contributed by atoms with Crippen molar-refractivity contribution in [2.75, 3.05) is 6.61 Å². The summed E-state index contributed by atoms with van der Waals surface area (Å²) in [7, 11) is 0. The second-order valence-corrected chi connectivity index (χ2v) is 5.56. The van der Waals surface area contributed by atoms with E-state index in [1.165, 1.54) is 0 Å². The Balaban J connectivity index is 2.48. The zero-order chi connectivity index (χ0) is 16.2. The lowest BCUT2D eigenvalue weighted by atomic mass is 9.78. The van der Waals surface area contributed by atoms with Crippen molar-refractivity contribution in [3.05, 3.63) is 70.7 Å². The highest BCUT2D eigenvalue weighted by Gasteiger charge is 2.45. The van der Waals surface area contributed by atoms with Crippen molar-refractivity contribution in [1.29, 1.82) is 0 Å². The van der Waals surface area contributed by atoms with Crippen molar-refractivity contribution >= 4 is 17.6 Å². The lowest BCUT2D eigenvalue weighted by Gasteiger charge is -2.32. The fraction of sp³-hybridized carbons (Fsp3) is 0.278. The highest BCUT2D eigenvalue weighted by molar-refractivity contribution is 6.30. The molecule has 0 aliphatic rings. The van der Waals surface area contributed by atoms with Gasteiger partial charge in [-0.15, -0.1) is 0 Å². The summed E-state index contributed by atoms with van der Waals surface area (Å²) < 4.78 is 5.11. The fourth-order valence-corrected chi connectivity index (χ4v) is 2.60. The quantitative estimate of drug-likeness (QED) is 0.851. The number of rotatable bonds is 5. The molecule has 116 valence electrons. The van der Waals surface area contributed by atoms with Gasteiger partial charge in [0.25, 0.3) is 0 Å². The molecule has 0 radical (unpaired) electrons. The van der Waals surface area contributed by atoms with E-state index in [4.69, 9.17) is 16.3 Å². The van der Waals surface area contributed by atoms with Crippen molar-refractivity contribution in [3.63, 3.8) is 0 Å². The first-order chi connectivity index (χ1) is 10.5. The van der Waals surface area contributed by atoms with Gasteiger partial charge in [-0.05, 0) is 30.2 Å². The number of hydrogen-bond acceptors (Lipinski definition) is 3. The van der Waals surface area contributed by atoms with Gasteiger partial charge < -0.3 is 9.84 Å². The molecule has 1 N–H and O–H groups in total. The maximum Gasteiger partial charge on any atom is 0.343 e. The Morgan fingerprint density at radius 3 is 2.32 bits per heavy atom. The molecule has 2 atom stereocenters. The van der Waals surface area contributed by atoms with Gasteiger partial charge >= 0.3 is 5.97 Å². The Labute approximate surface area is 135 Å². The summed E-state index contributed by atoms with van der Waals surface area (Å²) >= 11 is 5.91. The highest BCUT2D eigenvalue weighted by Crippen LogP contribution is 2.38. The topological polar surface area (TPSA) is 46.5 Å². The van der Waals surface area contributed by atoms with Crippen LogP contribution >= 0.6 is 11.6 Å². The van der Waals surface area contributed by atoms with E-state index < -0.39 is 17.5 Å². The normalized spacial score (nSPS) is 14.9. The molecule has 0 spiro atoms. The van der Waals surface area contributed by atoms with E-state index in [1.54, 1.807) is 62.4 Å². The molecule has 3 nitrogen and oxygen atoms in total. The third-order valence-electron chi connectivity index (χ3n) is 3.80. The molecular weight excluding hydrogens is 300 g/mol. The second kappa shape index (κ2) is 6.95. The van der Waals surface area contributed by atoms with Crippen LogP contribution in [0.3, 0.4) is 0 Å². The van der Waals surface area contributed by atoms with Crippen LogP contribution in [0.1, 0.15) is 30.9 Å². The minimum Gasteiger partial charge on any atom is -0.464 e. The van der Waals surface area contributed by atoms with Crippen LogP contribution < -0.4 is 0 Å². The summed E-state index contributed by atoms with van der Waals surface area (Å²) in [5.74, 6) is -1.13. The first-order valence-corrected chi connectivity index (χ1v) is 7.58. The van der Waals surface area contributed by atoms with E-state index in [1.807, 2.05) is 6.07 Å². The van der Waals surface area contributed by atoms with Crippen LogP contribution in [0.5, 0.6) is 0 Å². The van der Waals surface area contributed by atoms with Gasteiger partial charge in [0.15, 0.2) is 5.60 Å². The van der Waals surface area contributed by atoms with E-state index in [0.29, 0.717) is 10.6 Å². The fourth-order valence-electron chi connectivity index (χ4n) is 2.47. The summed E-state index contributed by atoms with van der Waals surface area (Å²) in [6, 6.07) is 15.9. The third kappa shape index (κ3) is 3.16.